The van der Waals surface area contributed by atoms with Crippen LogP contribution in [0.15, 0.2) is 29.2 Å². The smallest absolute Gasteiger partial charge is 0.480 e. The Kier molecular flexibility index (Phi) is 6.56. The molecule has 0 bridgehead atoms. The zero-order valence-electron chi connectivity index (χ0n) is 16.2. The van der Waals surface area contributed by atoms with Crippen LogP contribution >= 0.6 is 11.5 Å². The van der Waals surface area contributed by atoms with Crippen LogP contribution < -0.4 is 15.0 Å². The molecule has 1 atom stereocenters. The van der Waals surface area contributed by atoms with Crippen LogP contribution in [0.2, 0.25) is 0 Å². The summed E-state index contributed by atoms with van der Waals surface area (Å²) in [6.07, 6.45) is -4.93. The fourth-order valence-corrected chi connectivity index (χ4v) is 5.16. The van der Waals surface area contributed by atoms with Crippen molar-refractivity contribution in [2.24, 2.45) is 0 Å². The van der Waals surface area contributed by atoms with Crippen LogP contribution in [-0.2, 0) is 19.6 Å². The monoisotopic (exact) mass is 495 g/mol. The van der Waals surface area contributed by atoms with E-state index in [9.17, 15) is 36.3 Å². The predicted octanol–water partition coefficient (Wildman–Crippen LogP) is 1.36. The summed E-state index contributed by atoms with van der Waals surface area (Å²) in [7, 11) is -4.33. The number of halogens is 3. The summed E-state index contributed by atoms with van der Waals surface area (Å²) >= 11 is 0.906. The van der Waals surface area contributed by atoms with Gasteiger partial charge in [0.25, 0.3) is 0 Å². The molecule has 1 amide bonds. The van der Waals surface area contributed by atoms with Gasteiger partial charge in [-0.05, 0) is 24.3 Å². The molecule has 0 unspecified atom stereocenters. The van der Waals surface area contributed by atoms with Crippen molar-refractivity contribution >= 4 is 44.5 Å². The van der Waals surface area contributed by atoms with Gasteiger partial charge in [-0.2, -0.15) is 13.7 Å². The molecule has 0 aliphatic carbocycles. The lowest BCUT2D eigenvalue weighted by atomic mass is 10.2. The number of piperazine rings is 1. The second-order valence-electron chi connectivity index (χ2n) is 6.52. The molecule has 0 spiro atoms. The third-order valence-electron chi connectivity index (χ3n) is 4.25. The quantitative estimate of drug-likeness (QED) is 0.607. The average molecular weight is 495 g/mol. The van der Waals surface area contributed by atoms with Crippen LogP contribution in [0.3, 0.4) is 0 Å². The molecule has 174 valence electrons. The van der Waals surface area contributed by atoms with Crippen LogP contribution in [0.25, 0.3) is 0 Å². The summed E-state index contributed by atoms with van der Waals surface area (Å²) in [5.41, 5.74) is 0. The minimum Gasteiger partial charge on any atom is -0.480 e. The number of hydrogen-bond acceptors (Lipinski definition) is 9. The van der Waals surface area contributed by atoms with Crippen molar-refractivity contribution in [2.75, 3.05) is 29.9 Å². The van der Waals surface area contributed by atoms with E-state index in [4.69, 9.17) is 0 Å². The van der Waals surface area contributed by atoms with Gasteiger partial charge in [0, 0.05) is 38.1 Å². The summed E-state index contributed by atoms with van der Waals surface area (Å²) in [4.78, 5) is 28.1. The van der Waals surface area contributed by atoms with E-state index in [2.05, 4.69) is 19.4 Å². The number of nitrogens with one attached hydrogen (secondary N) is 1. The lowest BCUT2D eigenvalue weighted by molar-refractivity contribution is -0.274. The zero-order chi connectivity index (χ0) is 23.7. The Labute approximate surface area is 183 Å². The van der Waals surface area contributed by atoms with E-state index in [1.807, 2.05) is 0 Å². The highest BCUT2D eigenvalue weighted by Gasteiger charge is 2.41. The standard InChI is InChI=1S/C16H16F3N5O6S2/c1-9(25)20-14-21-15(31-22-14)23-6-7-24(12(8-23)13(26)27)32(28,29)11-4-2-10(3-5-11)30-16(17,18)19/h2-5,12H,6-8H2,1H3,(H,26,27)(H,20,22,25)/t12-/m1/s1. The molecule has 1 aromatic heterocycles. The number of carbonyl (C=O) groups excluding carboxylic acids is 1. The van der Waals surface area contributed by atoms with Crippen molar-refractivity contribution in [3.05, 3.63) is 24.3 Å². The van der Waals surface area contributed by atoms with Gasteiger partial charge in [-0.3, -0.25) is 14.9 Å². The van der Waals surface area contributed by atoms with Gasteiger partial charge in [-0.25, -0.2) is 8.42 Å². The van der Waals surface area contributed by atoms with Gasteiger partial charge >= 0.3 is 12.3 Å². The van der Waals surface area contributed by atoms with Crippen molar-refractivity contribution < 1.29 is 41.0 Å². The Morgan fingerprint density at radius 2 is 1.91 bits per heavy atom. The summed E-state index contributed by atoms with van der Waals surface area (Å²) in [6, 6.07) is 1.99. The predicted molar refractivity (Wildman–Crippen MR) is 105 cm³/mol. The highest BCUT2D eigenvalue weighted by molar-refractivity contribution is 7.89. The largest absolute Gasteiger partial charge is 0.573 e. The molecule has 11 nitrogen and oxygen atoms in total. The molecule has 2 heterocycles. The lowest BCUT2D eigenvalue weighted by Crippen LogP contribution is -2.58. The lowest BCUT2D eigenvalue weighted by Gasteiger charge is -2.38. The van der Waals surface area contributed by atoms with Crippen molar-refractivity contribution in [2.45, 2.75) is 24.2 Å². The van der Waals surface area contributed by atoms with Crippen LogP contribution in [0, 0.1) is 0 Å². The molecule has 1 aliphatic heterocycles. The minimum atomic E-state index is -4.93. The average Bonchev–Trinajstić information content (AvgIpc) is 3.14. The van der Waals surface area contributed by atoms with Crippen molar-refractivity contribution in [1.82, 2.24) is 13.7 Å². The van der Waals surface area contributed by atoms with Gasteiger partial charge in [0.15, 0.2) is 0 Å². The Morgan fingerprint density at radius 1 is 1.25 bits per heavy atom. The summed E-state index contributed by atoms with van der Waals surface area (Å²) in [5.74, 6) is -2.37. The molecular weight excluding hydrogens is 479 g/mol. The highest BCUT2D eigenvalue weighted by atomic mass is 32.2. The normalized spacial score (nSPS) is 17.8. The maximum atomic E-state index is 13.0. The number of benzene rings is 1. The molecule has 1 aromatic carbocycles. The van der Waals surface area contributed by atoms with Gasteiger partial charge in [0.1, 0.15) is 11.8 Å². The van der Waals surface area contributed by atoms with Gasteiger partial charge in [-0.1, -0.05) is 0 Å². The van der Waals surface area contributed by atoms with Crippen molar-refractivity contribution in [3.63, 3.8) is 0 Å². The topological polar surface area (TPSA) is 142 Å². The first-order valence-corrected chi connectivity index (χ1v) is 11.0. The molecule has 0 saturated carbocycles. The van der Waals surface area contributed by atoms with Crippen molar-refractivity contribution in [3.8, 4) is 5.75 Å². The Hall–Kier alpha value is -2.98. The maximum Gasteiger partial charge on any atom is 0.573 e. The van der Waals surface area contributed by atoms with E-state index in [1.165, 1.54) is 11.8 Å². The first-order chi connectivity index (χ1) is 14.9. The van der Waals surface area contributed by atoms with E-state index < -0.39 is 34.1 Å². The second-order valence-corrected chi connectivity index (χ2v) is 9.14. The number of rotatable bonds is 6. The molecule has 1 saturated heterocycles. The number of alkyl halides is 3. The van der Waals surface area contributed by atoms with Crippen molar-refractivity contribution in [1.29, 1.82) is 0 Å². The third kappa shape index (κ3) is 5.43. The number of hydrogen-bond donors (Lipinski definition) is 2. The minimum absolute atomic E-state index is 0.0422. The van der Waals surface area contributed by atoms with Crippen LogP contribution in [0.1, 0.15) is 6.92 Å². The van der Waals surface area contributed by atoms with E-state index in [0.29, 0.717) is 5.13 Å². The number of sulfonamides is 1. The third-order valence-corrected chi connectivity index (χ3v) is 6.95. The van der Waals surface area contributed by atoms with E-state index in [-0.39, 0.29) is 36.4 Å². The number of ether oxygens (including phenoxy) is 1. The molecule has 2 aromatic rings. The number of amides is 1. The molecule has 2 N–H and O–H groups in total. The molecule has 32 heavy (non-hydrogen) atoms. The fraction of sp³-hybridized carbons (Fsp3) is 0.375. The number of carboxylic acid groups (broad SMARTS) is 1. The van der Waals surface area contributed by atoms with E-state index in [1.54, 1.807) is 0 Å². The first kappa shape index (κ1) is 23.7. The van der Waals surface area contributed by atoms with Gasteiger partial charge < -0.3 is 14.7 Å². The number of carboxylic acids is 1. The molecule has 16 heteroatoms. The number of carbonyl (C=O) groups is 2. The SMILES string of the molecule is CC(=O)Nc1nsc(N2CCN(S(=O)(=O)c3ccc(OC(F)(F)F)cc3)[C@@H](C(=O)O)C2)n1. The molecular formula is C16H16F3N5O6S2. The number of aromatic nitrogens is 2. The number of aliphatic carboxylic acids is 1. The number of nitrogens with zero attached hydrogens (tertiary/aromatic N) is 4. The summed E-state index contributed by atoms with van der Waals surface area (Å²) < 4.78 is 71.3. The van der Waals surface area contributed by atoms with E-state index in [0.717, 1.165) is 40.1 Å². The fourth-order valence-electron chi connectivity index (χ4n) is 2.93. The molecule has 3 rings (SSSR count). The van der Waals surface area contributed by atoms with Crippen LogP contribution in [-0.4, -0.2) is 71.1 Å². The number of anilines is 2. The molecule has 1 aliphatic rings. The first-order valence-electron chi connectivity index (χ1n) is 8.83. The summed E-state index contributed by atoms with van der Waals surface area (Å²) in [5, 5.41) is 12.3. The molecule has 0 radical (unpaired) electrons. The Bertz CT molecular complexity index is 1110. The van der Waals surface area contributed by atoms with E-state index >= 15 is 0 Å². The van der Waals surface area contributed by atoms with Crippen LogP contribution in [0.4, 0.5) is 24.3 Å². The maximum absolute atomic E-state index is 13.0. The van der Waals surface area contributed by atoms with Gasteiger partial charge in [0.2, 0.25) is 27.0 Å². The van der Waals surface area contributed by atoms with Gasteiger partial charge in [-0.15, -0.1) is 13.2 Å². The second kappa shape index (κ2) is 8.87. The van der Waals surface area contributed by atoms with Gasteiger partial charge in [0.05, 0.1) is 4.90 Å². The summed E-state index contributed by atoms with van der Waals surface area (Å²) in [6.45, 7) is 0.868. The van der Waals surface area contributed by atoms with Crippen LogP contribution in [0.5, 0.6) is 5.75 Å². The zero-order valence-corrected chi connectivity index (χ0v) is 17.9. The highest BCUT2D eigenvalue weighted by Crippen LogP contribution is 2.29. The Balaban J connectivity index is 1.79. The Morgan fingerprint density at radius 3 is 2.47 bits per heavy atom. The molecule has 1 fully saturated rings.